The molecule has 0 aliphatic heterocycles. The molecule has 0 bridgehead atoms. The van der Waals surface area contributed by atoms with Gasteiger partial charge in [0.15, 0.2) is 0 Å². The maximum atomic E-state index is 9.19. The highest BCUT2D eigenvalue weighted by molar-refractivity contribution is 5.46. The smallest absolute Gasteiger partial charge is 0.0942 e. The van der Waals surface area contributed by atoms with E-state index in [-0.39, 0.29) is 6.61 Å². The van der Waals surface area contributed by atoms with Gasteiger partial charge < -0.3 is 15.5 Å². The van der Waals surface area contributed by atoms with E-state index in [0.717, 1.165) is 5.69 Å². The topological polar surface area (TPSA) is 52.5 Å². The molecule has 0 aliphatic carbocycles. The van der Waals surface area contributed by atoms with Crippen molar-refractivity contribution in [2.75, 3.05) is 18.5 Å². The summed E-state index contributed by atoms with van der Waals surface area (Å²) < 4.78 is 0. The van der Waals surface area contributed by atoms with Crippen LogP contribution in [0, 0.1) is 0 Å². The average molecular weight is 209 g/mol. The summed E-state index contributed by atoms with van der Waals surface area (Å²) in [4.78, 5) is 0. The fourth-order valence-corrected chi connectivity index (χ4v) is 1.31. The van der Waals surface area contributed by atoms with Gasteiger partial charge in [-0.15, -0.1) is 0 Å². The van der Waals surface area contributed by atoms with E-state index >= 15 is 0 Å². The Balaban J connectivity index is 2.58. The van der Waals surface area contributed by atoms with Gasteiger partial charge in [0.25, 0.3) is 0 Å². The van der Waals surface area contributed by atoms with Crippen LogP contribution in [0.3, 0.4) is 0 Å². The normalized spacial score (nSPS) is 12.9. The molecule has 1 unspecified atom stereocenters. The molecule has 0 saturated heterocycles. The molecule has 15 heavy (non-hydrogen) atoms. The first kappa shape index (κ1) is 12.0. The highest BCUT2D eigenvalue weighted by Crippen LogP contribution is 2.18. The number of hydrogen-bond donors (Lipinski definition) is 3. The van der Waals surface area contributed by atoms with Gasteiger partial charge in [-0.2, -0.15) is 0 Å². The minimum Gasteiger partial charge on any atom is -0.394 e. The van der Waals surface area contributed by atoms with Gasteiger partial charge in [-0.05, 0) is 23.6 Å². The van der Waals surface area contributed by atoms with Crippen molar-refractivity contribution in [2.24, 2.45) is 0 Å². The van der Waals surface area contributed by atoms with Crippen LogP contribution in [0.5, 0.6) is 0 Å². The summed E-state index contributed by atoms with van der Waals surface area (Å²) in [5, 5.41) is 20.9. The number of rotatable bonds is 5. The third-order valence-corrected chi connectivity index (χ3v) is 2.31. The van der Waals surface area contributed by atoms with Crippen LogP contribution in [0.2, 0.25) is 0 Å². The SMILES string of the molecule is CC(C)c1cccc(NCC(O)CO)c1. The Bertz CT molecular complexity index is 299. The summed E-state index contributed by atoms with van der Waals surface area (Å²) in [6.07, 6.45) is -0.701. The van der Waals surface area contributed by atoms with Crippen LogP contribution < -0.4 is 5.32 Å². The van der Waals surface area contributed by atoms with Crippen LogP contribution in [-0.4, -0.2) is 29.5 Å². The number of aliphatic hydroxyl groups is 2. The molecular formula is C12H19NO2. The van der Waals surface area contributed by atoms with Crippen LogP contribution in [0.4, 0.5) is 5.69 Å². The predicted molar refractivity (Wildman–Crippen MR) is 62.1 cm³/mol. The molecule has 0 saturated carbocycles. The lowest BCUT2D eigenvalue weighted by molar-refractivity contribution is 0.105. The number of hydrogen-bond acceptors (Lipinski definition) is 3. The van der Waals surface area contributed by atoms with Crippen LogP contribution in [0.25, 0.3) is 0 Å². The van der Waals surface area contributed by atoms with Gasteiger partial charge in [0, 0.05) is 12.2 Å². The van der Waals surface area contributed by atoms with Gasteiger partial charge in [0.2, 0.25) is 0 Å². The molecule has 0 amide bonds. The molecule has 3 heteroatoms. The summed E-state index contributed by atoms with van der Waals surface area (Å²) in [7, 11) is 0. The van der Waals surface area contributed by atoms with Gasteiger partial charge >= 0.3 is 0 Å². The van der Waals surface area contributed by atoms with Gasteiger partial charge in [-0.25, -0.2) is 0 Å². The number of anilines is 1. The third-order valence-electron chi connectivity index (χ3n) is 2.31. The van der Waals surface area contributed by atoms with E-state index in [9.17, 15) is 5.11 Å². The van der Waals surface area contributed by atoms with E-state index in [1.165, 1.54) is 5.56 Å². The first-order valence-corrected chi connectivity index (χ1v) is 5.26. The molecule has 3 N–H and O–H groups in total. The summed E-state index contributed by atoms with van der Waals surface area (Å²) in [5.41, 5.74) is 2.24. The highest BCUT2D eigenvalue weighted by Gasteiger charge is 2.03. The number of nitrogens with one attached hydrogen (secondary N) is 1. The fraction of sp³-hybridized carbons (Fsp3) is 0.500. The molecule has 0 fully saturated rings. The standard InChI is InChI=1S/C12H19NO2/c1-9(2)10-4-3-5-11(6-10)13-7-12(15)8-14/h3-6,9,12-15H,7-8H2,1-2H3. The maximum absolute atomic E-state index is 9.19. The summed E-state index contributed by atoms with van der Waals surface area (Å²) in [6, 6.07) is 8.09. The molecule has 0 radical (unpaired) electrons. The zero-order chi connectivity index (χ0) is 11.3. The molecule has 3 nitrogen and oxygen atoms in total. The van der Waals surface area contributed by atoms with Crippen molar-refractivity contribution in [1.82, 2.24) is 0 Å². The Morgan fingerprint density at radius 1 is 1.33 bits per heavy atom. The van der Waals surface area contributed by atoms with E-state index in [2.05, 4.69) is 31.3 Å². The molecule has 0 heterocycles. The lowest BCUT2D eigenvalue weighted by Gasteiger charge is -2.12. The molecule has 0 aliphatic rings. The van der Waals surface area contributed by atoms with Gasteiger partial charge in [0.05, 0.1) is 12.7 Å². The van der Waals surface area contributed by atoms with Gasteiger partial charge in [-0.1, -0.05) is 26.0 Å². The second-order valence-corrected chi connectivity index (χ2v) is 4.00. The minimum atomic E-state index is -0.701. The van der Waals surface area contributed by atoms with Gasteiger partial charge in [0.1, 0.15) is 0 Å². The maximum Gasteiger partial charge on any atom is 0.0942 e. The Kier molecular flexibility index (Phi) is 4.59. The summed E-state index contributed by atoms with van der Waals surface area (Å²) >= 11 is 0. The van der Waals surface area contributed by atoms with Crippen molar-refractivity contribution < 1.29 is 10.2 Å². The molecule has 1 aromatic carbocycles. The summed E-state index contributed by atoms with van der Waals surface area (Å²) in [5.74, 6) is 0.495. The number of aliphatic hydroxyl groups excluding tert-OH is 2. The lowest BCUT2D eigenvalue weighted by Crippen LogP contribution is -2.22. The first-order valence-electron chi connectivity index (χ1n) is 5.26. The van der Waals surface area contributed by atoms with Crippen LogP contribution in [0.1, 0.15) is 25.3 Å². The second-order valence-electron chi connectivity index (χ2n) is 4.00. The van der Waals surface area contributed by atoms with Crippen molar-refractivity contribution in [1.29, 1.82) is 0 Å². The summed E-state index contributed by atoms with van der Waals surface area (Å²) in [6.45, 7) is 4.44. The van der Waals surface area contributed by atoms with Crippen molar-refractivity contribution in [2.45, 2.75) is 25.9 Å². The van der Waals surface area contributed by atoms with E-state index < -0.39 is 6.10 Å². The quantitative estimate of drug-likeness (QED) is 0.690. The lowest BCUT2D eigenvalue weighted by atomic mass is 10.0. The molecule has 0 spiro atoms. The highest BCUT2D eigenvalue weighted by atomic mass is 16.3. The Morgan fingerprint density at radius 3 is 2.67 bits per heavy atom. The van der Waals surface area contributed by atoms with E-state index in [4.69, 9.17) is 5.11 Å². The Hall–Kier alpha value is -1.06. The zero-order valence-electron chi connectivity index (χ0n) is 9.27. The monoisotopic (exact) mass is 209 g/mol. The van der Waals surface area contributed by atoms with E-state index in [1.807, 2.05) is 12.1 Å². The van der Waals surface area contributed by atoms with E-state index in [0.29, 0.717) is 12.5 Å². The van der Waals surface area contributed by atoms with Crippen molar-refractivity contribution in [3.8, 4) is 0 Å². The fourth-order valence-electron chi connectivity index (χ4n) is 1.31. The van der Waals surface area contributed by atoms with Crippen LogP contribution in [-0.2, 0) is 0 Å². The largest absolute Gasteiger partial charge is 0.394 e. The zero-order valence-corrected chi connectivity index (χ0v) is 9.27. The Morgan fingerprint density at radius 2 is 2.07 bits per heavy atom. The molecular weight excluding hydrogens is 190 g/mol. The van der Waals surface area contributed by atoms with Crippen LogP contribution >= 0.6 is 0 Å². The number of benzene rings is 1. The second kappa shape index (κ2) is 5.73. The molecule has 1 atom stereocenters. The minimum absolute atomic E-state index is 0.211. The van der Waals surface area contributed by atoms with E-state index in [1.54, 1.807) is 0 Å². The van der Waals surface area contributed by atoms with Crippen molar-refractivity contribution in [3.05, 3.63) is 29.8 Å². The molecule has 84 valence electrons. The van der Waals surface area contributed by atoms with Gasteiger partial charge in [-0.3, -0.25) is 0 Å². The van der Waals surface area contributed by atoms with Crippen molar-refractivity contribution >= 4 is 5.69 Å². The predicted octanol–water partition coefficient (Wildman–Crippen LogP) is 1.58. The average Bonchev–Trinajstić information content (AvgIpc) is 2.26. The first-order chi connectivity index (χ1) is 7.13. The molecule has 0 aromatic heterocycles. The van der Waals surface area contributed by atoms with Crippen molar-refractivity contribution in [3.63, 3.8) is 0 Å². The molecule has 1 aromatic rings. The van der Waals surface area contributed by atoms with Crippen LogP contribution in [0.15, 0.2) is 24.3 Å². The Labute approximate surface area is 90.8 Å². The molecule has 1 rings (SSSR count). The third kappa shape index (κ3) is 3.90.